The highest BCUT2D eigenvalue weighted by molar-refractivity contribution is 8.03. The number of nitriles is 1. The van der Waals surface area contributed by atoms with Crippen LogP contribution in [0.15, 0.2) is 59.4 Å². The Hall–Kier alpha value is -2.82. The van der Waals surface area contributed by atoms with Crippen LogP contribution in [0.25, 0.3) is 0 Å². The third-order valence-electron chi connectivity index (χ3n) is 6.09. The van der Waals surface area contributed by atoms with E-state index < -0.39 is 5.41 Å². The molecule has 1 amide bonds. The molecule has 2 heterocycles. The van der Waals surface area contributed by atoms with Gasteiger partial charge in [0.15, 0.2) is 0 Å². The lowest BCUT2D eigenvalue weighted by Crippen LogP contribution is -2.42. The summed E-state index contributed by atoms with van der Waals surface area (Å²) in [6.45, 7) is 10.8. The molecule has 2 unspecified atom stereocenters. The normalized spacial score (nSPS) is 19.2. The summed E-state index contributed by atoms with van der Waals surface area (Å²) in [5.74, 6) is -0.222. The van der Waals surface area contributed by atoms with Crippen LogP contribution >= 0.6 is 11.8 Å². The number of carbonyl (C=O) groups is 1. The first-order chi connectivity index (χ1) is 15.6. The number of benzene rings is 1. The topological polar surface area (TPSA) is 72.3 Å². The maximum Gasteiger partial charge on any atom is 0.245 e. The molecule has 0 bridgehead atoms. The van der Waals surface area contributed by atoms with Gasteiger partial charge in [0.2, 0.25) is 5.91 Å². The van der Waals surface area contributed by atoms with Crippen molar-refractivity contribution in [3.05, 3.63) is 70.5 Å². The number of rotatable bonds is 8. The number of nitrogens with zero attached hydrogens (tertiary/aromatic N) is 4. The molecule has 1 aromatic heterocycles. The number of thioether (sulfide) groups is 1. The molecule has 2 atom stereocenters. The van der Waals surface area contributed by atoms with Gasteiger partial charge >= 0.3 is 0 Å². The minimum Gasteiger partial charge on any atom is -0.378 e. The molecule has 1 aliphatic rings. The molecule has 2 aromatic rings. The summed E-state index contributed by atoms with van der Waals surface area (Å²) in [6.07, 6.45) is 3.36. The molecule has 1 N–H and O–H groups in total. The minimum absolute atomic E-state index is 0.0736. The van der Waals surface area contributed by atoms with Crippen LogP contribution in [0.4, 0.5) is 5.69 Å². The molecular weight excluding hydrogens is 430 g/mol. The number of hydrogen-bond donors (Lipinski definition) is 1. The van der Waals surface area contributed by atoms with E-state index in [1.807, 2.05) is 49.3 Å². The highest BCUT2D eigenvalue weighted by Gasteiger charge is 2.52. The van der Waals surface area contributed by atoms with E-state index in [4.69, 9.17) is 0 Å². The fraction of sp³-hybridized carbons (Fsp3) is 0.423. The summed E-state index contributed by atoms with van der Waals surface area (Å²) in [7, 11) is 3.94. The summed E-state index contributed by atoms with van der Waals surface area (Å²) in [4.78, 5) is 22.4. The van der Waals surface area contributed by atoms with Crippen molar-refractivity contribution in [2.75, 3.05) is 19.0 Å². The van der Waals surface area contributed by atoms with Gasteiger partial charge < -0.3 is 10.2 Å². The lowest BCUT2D eigenvalue weighted by atomic mass is 9.70. The standard InChI is InChI=1S/C26H33N5OS/c1-17(2)31(18(3)4)19(5)33-24-23(15-27)26(25(32)29-24,21-9-8-14-28-16-21)20-10-12-22(13-11-20)30(6)7/h8-14,16-19H,1-7H3,(H,29,32). The van der Waals surface area contributed by atoms with E-state index in [2.05, 4.69) is 55.9 Å². The zero-order chi connectivity index (χ0) is 24.3. The van der Waals surface area contributed by atoms with Crippen molar-refractivity contribution >= 4 is 23.4 Å². The van der Waals surface area contributed by atoms with Gasteiger partial charge in [-0.3, -0.25) is 14.7 Å². The third-order valence-corrected chi connectivity index (χ3v) is 7.22. The third kappa shape index (κ3) is 4.50. The Morgan fingerprint density at radius 1 is 1.03 bits per heavy atom. The van der Waals surface area contributed by atoms with Crippen molar-refractivity contribution in [1.29, 1.82) is 5.26 Å². The van der Waals surface area contributed by atoms with E-state index in [1.165, 1.54) is 11.8 Å². The maximum absolute atomic E-state index is 13.7. The molecule has 1 aliphatic heterocycles. The predicted octanol–water partition coefficient (Wildman–Crippen LogP) is 4.50. The van der Waals surface area contributed by atoms with Crippen LogP contribution in [-0.4, -0.2) is 47.3 Å². The van der Waals surface area contributed by atoms with Gasteiger partial charge in [-0.15, -0.1) is 0 Å². The van der Waals surface area contributed by atoms with Gasteiger partial charge in [0.1, 0.15) is 5.41 Å². The van der Waals surface area contributed by atoms with Gasteiger partial charge in [0, 0.05) is 44.3 Å². The summed E-state index contributed by atoms with van der Waals surface area (Å²) >= 11 is 1.53. The molecule has 33 heavy (non-hydrogen) atoms. The Morgan fingerprint density at radius 3 is 2.15 bits per heavy atom. The van der Waals surface area contributed by atoms with Crippen molar-refractivity contribution in [1.82, 2.24) is 15.2 Å². The van der Waals surface area contributed by atoms with Gasteiger partial charge in [-0.2, -0.15) is 5.26 Å². The zero-order valence-corrected chi connectivity index (χ0v) is 21.3. The number of hydrogen-bond acceptors (Lipinski definition) is 6. The smallest absolute Gasteiger partial charge is 0.245 e. The van der Waals surface area contributed by atoms with Gasteiger partial charge in [-0.1, -0.05) is 30.0 Å². The SMILES string of the molecule is CC(C)N(C(C)C)C(C)SC1=C(C#N)C(c2ccc(N(C)C)cc2)(c2cccnc2)C(=O)N1. The van der Waals surface area contributed by atoms with E-state index >= 15 is 0 Å². The van der Waals surface area contributed by atoms with Crippen LogP contribution in [0.1, 0.15) is 45.7 Å². The fourth-order valence-electron chi connectivity index (χ4n) is 4.75. The Balaban J connectivity index is 2.18. The molecule has 3 rings (SSSR count). The van der Waals surface area contributed by atoms with E-state index in [-0.39, 0.29) is 11.3 Å². The summed E-state index contributed by atoms with van der Waals surface area (Å²) < 4.78 is 0. The van der Waals surface area contributed by atoms with E-state index in [0.29, 0.717) is 28.2 Å². The number of aromatic nitrogens is 1. The molecule has 0 spiro atoms. The summed E-state index contributed by atoms with van der Waals surface area (Å²) in [5.41, 5.74) is 1.64. The second-order valence-corrected chi connectivity index (χ2v) is 10.4. The van der Waals surface area contributed by atoms with Crippen LogP contribution in [0.3, 0.4) is 0 Å². The highest BCUT2D eigenvalue weighted by atomic mass is 32.2. The van der Waals surface area contributed by atoms with E-state index in [9.17, 15) is 10.1 Å². The van der Waals surface area contributed by atoms with Crippen molar-refractivity contribution in [3.63, 3.8) is 0 Å². The molecule has 0 saturated heterocycles. The molecule has 0 fully saturated rings. The molecule has 7 heteroatoms. The first kappa shape index (κ1) is 24.8. The zero-order valence-electron chi connectivity index (χ0n) is 20.5. The van der Waals surface area contributed by atoms with Crippen LogP contribution in [0, 0.1) is 11.3 Å². The van der Waals surface area contributed by atoms with Gasteiger partial charge in [-0.25, -0.2) is 0 Å². The molecule has 0 saturated carbocycles. The summed E-state index contributed by atoms with van der Waals surface area (Å²) in [6, 6.07) is 14.6. The predicted molar refractivity (Wildman–Crippen MR) is 136 cm³/mol. The van der Waals surface area contributed by atoms with Crippen LogP contribution in [-0.2, 0) is 10.2 Å². The minimum atomic E-state index is -1.24. The monoisotopic (exact) mass is 463 g/mol. The van der Waals surface area contributed by atoms with E-state index in [0.717, 1.165) is 11.3 Å². The Labute approximate surface area is 201 Å². The highest BCUT2D eigenvalue weighted by Crippen LogP contribution is 2.47. The van der Waals surface area contributed by atoms with Crippen LogP contribution in [0.5, 0.6) is 0 Å². The van der Waals surface area contributed by atoms with Crippen molar-refractivity contribution in [2.45, 2.75) is 57.5 Å². The molecule has 6 nitrogen and oxygen atoms in total. The number of anilines is 1. The Kier molecular flexibility index (Phi) is 7.51. The number of amides is 1. The van der Waals surface area contributed by atoms with Crippen molar-refractivity contribution in [3.8, 4) is 6.07 Å². The quantitative estimate of drug-likeness (QED) is 0.581. The molecular formula is C26H33N5OS. The van der Waals surface area contributed by atoms with Gasteiger partial charge in [0.05, 0.1) is 22.0 Å². The van der Waals surface area contributed by atoms with E-state index in [1.54, 1.807) is 18.5 Å². The second-order valence-electron chi connectivity index (χ2n) is 9.05. The molecule has 0 aliphatic carbocycles. The van der Waals surface area contributed by atoms with Crippen molar-refractivity contribution in [2.24, 2.45) is 0 Å². The van der Waals surface area contributed by atoms with Crippen molar-refractivity contribution < 1.29 is 4.79 Å². The first-order valence-electron chi connectivity index (χ1n) is 11.2. The van der Waals surface area contributed by atoms with Gasteiger partial charge in [0.25, 0.3) is 0 Å². The average Bonchev–Trinajstić information content (AvgIpc) is 3.05. The Bertz CT molecular complexity index is 1050. The van der Waals surface area contributed by atoms with Crippen LogP contribution < -0.4 is 10.2 Å². The molecule has 1 aromatic carbocycles. The van der Waals surface area contributed by atoms with Gasteiger partial charge in [-0.05, 0) is 63.9 Å². The molecule has 174 valence electrons. The molecule has 0 radical (unpaired) electrons. The number of nitrogens with one attached hydrogen (secondary N) is 1. The lowest BCUT2D eigenvalue weighted by molar-refractivity contribution is -0.122. The first-order valence-corrected chi connectivity index (χ1v) is 12.1. The second kappa shape index (κ2) is 9.98. The van der Waals surface area contributed by atoms with Crippen LogP contribution in [0.2, 0.25) is 0 Å². The maximum atomic E-state index is 13.7. The summed E-state index contributed by atoms with van der Waals surface area (Å²) in [5, 5.41) is 14.1. The Morgan fingerprint density at radius 2 is 1.67 bits per heavy atom. The largest absolute Gasteiger partial charge is 0.378 e. The number of carbonyl (C=O) groups excluding carboxylic acids is 1. The number of pyridine rings is 1. The lowest BCUT2D eigenvalue weighted by Gasteiger charge is -2.35. The average molecular weight is 464 g/mol. The fourth-order valence-corrected chi connectivity index (χ4v) is 6.16.